The van der Waals surface area contributed by atoms with Crippen molar-refractivity contribution in [2.24, 2.45) is 0 Å². The Morgan fingerprint density at radius 1 is 1.25 bits per heavy atom. The smallest absolute Gasteiger partial charge is 0.322 e. The van der Waals surface area contributed by atoms with Crippen molar-refractivity contribution in [3.05, 3.63) is 89.7 Å². The highest BCUT2D eigenvalue weighted by atomic mass is 19.1. The number of nitrogens with one attached hydrogen (secondary N) is 2. The van der Waals surface area contributed by atoms with Gasteiger partial charge in [-0.2, -0.15) is 0 Å². The molecule has 2 aliphatic rings. The van der Waals surface area contributed by atoms with Crippen LogP contribution < -0.4 is 10.6 Å². The first-order valence-corrected chi connectivity index (χ1v) is 10.1. The standard InChI is InChI=1S/C23H22FN5O3/c1-2-11-29-18-13-28(14-19(30)26-12-17-5-3-4-10-25-17)22(31)20(18)21(27-23(29)32)15-6-8-16(24)9-7-15/h2-10,21H,1,11-14H2,(H,26,30)(H,27,32)/t21-/m0/s1. The van der Waals surface area contributed by atoms with Gasteiger partial charge in [0.15, 0.2) is 0 Å². The number of amides is 4. The molecule has 4 rings (SSSR count). The number of carbonyl (C=O) groups excluding carboxylic acids is 3. The Morgan fingerprint density at radius 3 is 2.72 bits per heavy atom. The molecule has 0 saturated heterocycles. The van der Waals surface area contributed by atoms with E-state index < -0.39 is 11.9 Å². The van der Waals surface area contributed by atoms with Crippen molar-refractivity contribution in [2.75, 3.05) is 19.6 Å². The van der Waals surface area contributed by atoms with Gasteiger partial charge in [0.05, 0.1) is 36.1 Å². The minimum Gasteiger partial charge on any atom is -0.349 e. The zero-order valence-corrected chi connectivity index (χ0v) is 17.3. The molecular formula is C23H22FN5O3. The summed E-state index contributed by atoms with van der Waals surface area (Å²) in [5.41, 5.74) is 2.18. The third-order valence-electron chi connectivity index (χ3n) is 5.34. The minimum atomic E-state index is -0.728. The molecule has 8 nitrogen and oxygen atoms in total. The summed E-state index contributed by atoms with van der Waals surface area (Å²) >= 11 is 0. The Balaban J connectivity index is 1.53. The summed E-state index contributed by atoms with van der Waals surface area (Å²) in [5.74, 6) is -1.10. The Labute approximate surface area is 184 Å². The molecule has 2 aromatic rings. The fraction of sp³-hybridized carbons (Fsp3) is 0.217. The SMILES string of the molecule is C=CCN1C(=O)N[C@@H](c2ccc(F)cc2)C2=C1CN(CC(=O)NCc1ccccn1)C2=O. The lowest BCUT2D eigenvalue weighted by atomic mass is 9.95. The van der Waals surface area contributed by atoms with E-state index in [-0.39, 0.29) is 44.0 Å². The van der Waals surface area contributed by atoms with Crippen LogP contribution in [0.25, 0.3) is 0 Å². The molecule has 0 radical (unpaired) electrons. The summed E-state index contributed by atoms with van der Waals surface area (Å²) in [6, 6.07) is 9.91. The van der Waals surface area contributed by atoms with Crippen molar-refractivity contribution in [1.29, 1.82) is 0 Å². The first-order chi connectivity index (χ1) is 15.5. The largest absolute Gasteiger partial charge is 0.349 e. The van der Waals surface area contributed by atoms with Crippen molar-refractivity contribution in [3.8, 4) is 0 Å². The second-order valence-corrected chi connectivity index (χ2v) is 7.45. The van der Waals surface area contributed by atoms with Crippen molar-refractivity contribution >= 4 is 17.8 Å². The Bertz CT molecular complexity index is 1080. The fourth-order valence-corrected chi connectivity index (χ4v) is 3.82. The van der Waals surface area contributed by atoms with E-state index in [9.17, 15) is 18.8 Å². The molecule has 4 amide bonds. The maximum atomic E-state index is 13.4. The van der Waals surface area contributed by atoms with Gasteiger partial charge in [0.1, 0.15) is 12.4 Å². The van der Waals surface area contributed by atoms with Gasteiger partial charge < -0.3 is 15.5 Å². The van der Waals surface area contributed by atoms with Crippen LogP contribution in [-0.4, -0.2) is 52.3 Å². The van der Waals surface area contributed by atoms with Gasteiger partial charge in [0.25, 0.3) is 5.91 Å². The lowest BCUT2D eigenvalue weighted by Crippen LogP contribution is -2.47. The van der Waals surface area contributed by atoms with Gasteiger partial charge >= 0.3 is 6.03 Å². The summed E-state index contributed by atoms with van der Waals surface area (Å²) in [4.78, 5) is 45.4. The maximum Gasteiger partial charge on any atom is 0.322 e. The van der Waals surface area contributed by atoms with Crippen LogP contribution in [0.15, 0.2) is 72.6 Å². The zero-order chi connectivity index (χ0) is 22.7. The summed E-state index contributed by atoms with van der Waals surface area (Å²) < 4.78 is 13.4. The Kier molecular flexibility index (Phi) is 5.98. The molecule has 1 atom stereocenters. The average Bonchev–Trinajstić information content (AvgIpc) is 3.11. The predicted octanol–water partition coefficient (Wildman–Crippen LogP) is 1.89. The average molecular weight is 435 g/mol. The van der Waals surface area contributed by atoms with Crippen LogP contribution in [0.4, 0.5) is 9.18 Å². The van der Waals surface area contributed by atoms with E-state index in [0.29, 0.717) is 22.5 Å². The molecule has 2 N–H and O–H groups in total. The summed E-state index contributed by atoms with van der Waals surface area (Å²) in [6.45, 7) is 4.09. The first kappa shape index (κ1) is 21.2. The van der Waals surface area contributed by atoms with E-state index in [4.69, 9.17) is 0 Å². The number of hydrogen-bond acceptors (Lipinski definition) is 4. The van der Waals surface area contributed by atoms with Crippen LogP contribution in [0.1, 0.15) is 17.3 Å². The number of nitrogens with zero attached hydrogens (tertiary/aromatic N) is 3. The van der Waals surface area contributed by atoms with E-state index in [0.717, 1.165) is 0 Å². The van der Waals surface area contributed by atoms with Crippen LogP contribution in [0, 0.1) is 5.82 Å². The van der Waals surface area contributed by atoms with Crippen LogP contribution >= 0.6 is 0 Å². The molecule has 0 aliphatic carbocycles. The van der Waals surface area contributed by atoms with Gasteiger partial charge in [-0.05, 0) is 29.8 Å². The fourth-order valence-electron chi connectivity index (χ4n) is 3.82. The number of urea groups is 1. The van der Waals surface area contributed by atoms with E-state index in [1.807, 2.05) is 6.07 Å². The van der Waals surface area contributed by atoms with E-state index in [1.165, 1.54) is 34.1 Å². The number of aromatic nitrogens is 1. The van der Waals surface area contributed by atoms with Gasteiger partial charge in [-0.3, -0.25) is 19.5 Å². The van der Waals surface area contributed by atoms with Crippen LogP contribution in [0.2, 0.25) is 0 Å². The number of benzene rings is 1. The lowest BCUT2D eigenvalue weighted by Gasteiger charge is -2.33. The van der Waals surface area contributed by atoms with Crippen molar-refractivity contribution < 1.29 is 18.8 Å². The molecule has 32 heavy (non-hydrogen) atoms. The number of pyridine rings is 1. The highest BCUT2D eigenvalue weighted by molar-refractivity contribution is 6.03. The van der Waals surface area contributed by atoms with Gasteiger partial charge in [-0.1, -0.05) is 24.3 Å². The molecule has 0 saturated carbocycles. The van der Waals surface area contributed by atoms with Gasteiger partial charge in [0, 0.05) is 12.7 Å². The van der Waals surface area contributed by atoms with Crippen LogP contribution in [0.5, 0.6) is 0 Å². The molecule has 2 aliphatic heterocycles. The second-order valence-electron chi connectivity index (χ2n) is 7.45. The third kappa shape index (κ3) is 4.22. The molecule has 0 fully saturated rings. The third-order valence-corrected chi connectivity index (χ3v) is 5.34. The normalized spacial score (nSPS) is 17.8. The second kappa shape index (κ2) is 9.01. The molecule has 0 unspecified atom stereocenters. The predicted molar refractivity (Wildman–Crippen MR) is 114 cm³/mol. The summed E-state index contributed by atoms with van der Waals surface area (Å²) in [5, 5.41) is 5.57. The van der Waals surface area contributed by atoms with E-state index in [2.05, 4.69) is 22.2 Å². The van der Waals surface area contributed by atoms with Crippen LogP contribution in [0.3, 0.4) is 0 Å². The van der Waals surface area contributed by atoms with E-state index in [1.54, 1.807) is 24.4 Å². The lowest BCUT2D eigenvalue weighted by molar-refractivity contribution is -0.132. The molecule has 9 heteroatoms. The summed E-state index contributed by atoms with van der Waals surface area (Å²) in [7, 11) is 0. The number of hydrogen-bond donors (Lipinski definition) is 2. The van der Waals surface area contributed by atoms with Crippen molar-refractivity contribution in [2.45, 2.75) is 12.6 Å². The highest BCUT2D eigenvalue weighted by Gasteiger charge is 2.44. The number of rotatable bonds is 7. The van der Waals surface area contributed by atoms with E-state index >= 15 is 0 Å². The Morgan fingerprint density at radius 2 is 2.03 bits per heavy atom. The molecule has 0 bridgehead atoms. The molecule has 164 valence electrons. The quantitative estimate of drug-likeness (QED) is 0.650. The zero-order valence-electron chi connectivity index (χ0n) is 17.3. The molecule has 3 heterocycles. The topological polar surface area (TPSA) is 94.6 Å². The minimum absolute atomic E-state index is 0.115. The highest BCUT2D eigenvalue weighted by Crippen LogP contribution is 2.36. The number of carbonyl (C=O) groups is 3. The van der Waals surface area contributed by atoms with Gasteiger partial charge in [-0.25, -0.2) is 9.18 Å². The van der Waals surface area contributed by atoms with Crippen molar-refractivity contribution in [3.63, 3.8) is 0 Å². The van der Waals surface area contributed by atoms with Crippen molar-refractivity contribution in [1.82, 2.24) is 25.4 Å². The van der Waals surface area contributed by atoms with Gasteiger partial charge in [-0.15, -0.1) is 6.58 Å². The van der Waals surface area contributed by atoms with Gasteiger partial charge in [0.2, 0.25) is 5.91 Å². The molecular weight excluding hydrogens is 413 g/mol. The Hall–Kier alpha value is -4.01. The molecule has 0 spiro atoms. The van der Waals surface area contributed by atoms with Crippen LogP contribution in [-0.2, 0) is 16.1 Å². The molecule has 1 aromatic carbocycles. The molecule has 1 aromatic heterocycles. The maximum absolute atomic E-state index is 13.4. The monoisotopic (exact) mass is 435 g/mol. The first-order valence-electron chi connectivity index (χ1n) is 10.1. The summed E-state index contributed by atoms with van der Waals surface area (Å²) in [6.07, 6.45) is 3.20. The number of halogens is 1.